The van der Waals surface area contributed by atoms with Gasteiger partial charge < -0.3 is 9.80 Å². The van der Waals surface area contributed by atoms with Gasteiger partial charge in [0.15, 0.2) is 5.65 Å². The molecule has 168 valence electrons. The van der Waals surface area contributed by atoms with Crippen molar-refractivity contribution in [2.75, 3.05) is 31.1 Å². The number of rotatable bonds is 5. The van der Waals surface area contributed by atoms with Gasteiger partial charge in [0.2, 0.25) is 5.91 Å². The van der Waals surface area contributed by atoms with E-state index in [1.807, 2.05) is 29.8 Å². The van der Waals surface area contributed by atoms with Crippen molar-refractivity contribution in [2.45, 2.75) is 52.4 Å². The molecule has 32 heavy (non-hydrogen) atoms. The Morgan fingerprint density at radius 1 is 1.03 bits per heavy atom. The molecule has 5 rings (SSSR count). The average Bonchev–Trinajstić information content (AvgIpc) is 2.94. The summed E-state index contributed by atoms with van der Waals surface area (Å²) in [5.74, 6) is 2.44. The number of nitrogens with zero attached hydrogens (tertiary/aromatic N) is 6. The van der Waals surface area contributed by atoms with E-state index in [1.165, 1.54) is 6.42 Å². The standard InChI is InChI=1S/C25H32N6O/c1-3-9-21-26-23(29-14-8-15-30(17-16-29)25(32)19-10-7-11-19)22-18(2)28-31(24(22)27-21)20-12-5-4-6-13-20/h4-6,12-13,19H,3,7-11,14-17H2,1-2H3. The van der Waals surface area contributed by atoms with E-state index in [0.29, 0.717) is 5.91 Å². The summed E-state index contributed by atoms with van der Waals surface area (Å²) in [6, 6.07) is 10.2. The molecule has 2 aliphatic rings. The van der Waals surface area contributed by atoms with Crippen molar-refractivity contribution in [2.24, 2.45) is 5.92 Å². The zero-order valence-corrected chi connectivity index (χ0v) is 19.1. The van der Waals surface area contributed by atoms with Crippen molar-refractivity contribution >= 4 is 22.8 Å². The lowest BCUT2D eigenvalue weighted by Gasteiger charge is -2.31. The molecule has 7 nitrogen and oxygen atoms in total. The molecular formula is C25H32N6O. The lowest BCUT2D eigenvalue weighted by atomic mass is 9.84. The van der Waals surface area contributed by atoms with E-state index in [0.717, 1.165) is 92.3 Å². The van der Waals surface area contributed by atoms with Crippen LogP contribution in [0.2, 0.25) is 0 Å². The van der Waals surface area contributed by atoms with E-state index >= 15 is 0 Å². The van der Waals surface area contributed by atoms with E-state index in [9.17, 15) is 4.79 Å². The van der Waals surface area contributed by atoms with Crippen LogP contribution in [0.15, 0.2) is 30.3 Å². The molecule has 1 saturated carbocycles. The summed E-state index contributed by atoms with van der Waals surface area (Å²) >= 11 is 0. The summed E-state index contributed by atoms with van der Waals surface area (Å²) in [5.41, 5.74) is 2.81. The van der Waals surface area contributed by atoms with Crippen molar-refractivity contribution in [1.29, 1.82) is 0 Å². The second-order valence-corrected chi connectivity index (χ2v) is 9.04. The third kappa shape index (κ3) is 3.85. The van der Waals surface area contributed by atoms with Crippen LogP contribution in [0.5, 0.6) is 0 Å². The smallest absolute Gasteiger partial charge is 0.225 e. The molecule has 0 spiro atoms. The van der Waals surface area contributed by atoms with Crippen LogP contribution in [0.3, 0.4) is 0 Å². The number of carbonyl (C=O) groups excluding carboxylic acids is 1. The normalized spacial score (nSPS) is 17.4. The summed E-state index contributed by atoms with van der Waals surface area (Å²) in [7, 11) is 0. The molecule has 1 aliphatic heterocycles. The highest BCUT2D eigenvalue weighted by atomic mass is 16.2. The van der Waals surface area contributed by atoms with Crippen LogP contribution in [0, 0.1) is 12.8 Å². The third-order valence-electron chi connectivity index (χ3n) is 6.77. The maximum absolute atomic E-state index is 12.8. The number of aryl methyl sites for hydroxylation is 2. The maximum atomic E-state index is 12.8. The zero-order valence-electron chi connectivity index (χ0n) is 19.1. The first-order valence-corrected chi connectivity index (χ1v) is 12.0. The largest absolute Gasteiger partial charge is 0.354 e. The van der Waals surface area contributed by atoms with Crippen LogP contribution in [0.1, 0.15) is 50.5 Å². The second-order valence-electron chi connectivity index (χ2n) is 9.04. The number of benzene rings is 1. The van der Waals surface area contributed by atoms with Crippen molar-refractivity contribution in [3.63, 3.8) is 0 Å². The van der Waals surface area contributed by atoms with Gasteiger partial charge in [-0.25, -0.2) is 14.6 Å². The molecule has 1 saturated heterocycles. The molecule has 3 heterocycles. The summed E-state index contributed by atoms with van der Waals surface area (Å²) in [5, 5.41) is 5.87. The van der Waals surface area contributed by atoms with Crippen LogP contribution < -0.4 is 4.90 Å². The molecule has 1 amide bonds. The Labute approximate surface area is 189 Å². The highest BCUT2D eigenvalue weighted by molar-refractivity contribution is 5.91. The lowest BCUT2D eigenvalue weighted by molar-refractivity contribution is -0.137. The number of aromatic nitrogens is 4. The van der Waals surface area contributed by atoms with Gasteiger partial charge in [-0.2, -0.15) is 5.10 Å². The van der Waals surface area contributed by atoms with Crippen LogP contribution in [0.4, 0.5) is 5.82 Å². The fraction of sp³-hybridized carbons (Fsp3) is 0.520. The molecule has 2 fully saturated rings. The minimum Gasteiger partial charge on any atom is -0.354 e. The van der Waals surface area contributed by atoms with E-state index in [-0.39, 0.29) is 5.92 Å². The molecule has 7 heteroatoms. The first-order chi connectivity index (χ1) is 15.7. The molecule has 0 radical (unpaired) electrons. The van der Waals surface area contributed by atoms with Gasteiger partial charge in [-0.05, 0) is 44.7 Å². The van der Waals surface area contributed by atoms with E-state index in [1.54, 1.807) is 0 Å². The van der Waals surface area contributed by atoms with Crippen LogP contribution >= 0.6 is 0 Å². The highest BCUT2D eigenvalue weighted by Crippen LogP contribution is 2.31. The van der Waals surface area contributed by atoms with Gasteiger partial charge in [-0.15, -0.1) is 0 Å². The predicted octanol–water partition coefficient (Wildman–Crippen LogP) is 3.92. The van der Waals surface area contributed by atoms with Gasteiger partial charge in [-0.3, -0.25) is 4.79 Å². The quantitative estimate of drug-likeness (QED) is 0.611. The van der Waals surface area contributed by atoms with Gasteiger partial charge in [-0.1, -0.05) is 31.5 Å². The molecule has 2 aromatic heterocycles. The number of amides is 1. The fourth-order valence-corrected chi connectivity index (χ4v) is 4.78. The number of hydrogen-bond donors (Lipinski definition) is 0. The van der Waals surface area contributed by atoms with Crippen molar-refractivity contribution in [3.05, 3.63) is 41.9 Å². The Morgan fingerprint density at radius 3 is 2.56 bits per heavy atom. The molecule has 0 atom stereocenters. The Morgan fingerprint density at radius 2 is 1.84 bits per heavy atom. The molecule has 0 bridgehead atoms. The minimum atomic E-state index is 0.259. The van der Waals surface area contributed by atoms with E-state index in [2.05, 4.69) is 28.9 Å². The number of para-hydroxylation sites is 1. The molecule has 3 aromatic rings. The molecule has 0 N–H and O–H groups in total. The number of fused-ring (bicyclic) bond motifs is 1. The summed E-state index contributed by atoms with van der Waals surface area (Å²) < 4.78 is 1.94. The van der Waals surface area contributed by atoms with Crippen molar-refractivity contribution in [3.8, 4) is 5.69 Å². The molecule has 1 aromatic carbocycles. The minimum absolute atomic E-state index is 0.259. The first kappa shape index (κ1) is 20.9. The predicted molar refractivity (Wildman–Crippen MR) is 126 cm³/mol. The SMILES string of the molecule is CCCc1nc(N2CCCN(C(=O)C3CCC3)CC2)c2c(C)nn(-c3ccccc3)c2n1. The molecular weight excluding hydrogens is 400 g/mol. The third-order valence-corrected chi connectivity index (χ3v) is 6.77. The van der Waals surface area contributed by atoms with Gasteiger partial charge in [0.05, 0.1) is 16.8 Å². The average molecular weight is 433 g/mol. The summed E-state index contributed by atoms with van der Waals surface area (Å²) in [6.45, 7) is 7.48. The lowest BCUT2D eigenvalue weighted by Crippen LogP contribution is -2.41. The Hall–Kier alpha value is -2.96. The fourth-order valence-electron chi connectivity index (χ4n) is 4.78. The van der Waals surface area contributed by atoms with E-state index < -0.39 is 0 Å². The number of carbonyl (C=O) groups is 1. The van der Waals surface area contributed by atoms with Crippen LogP contribution in [-0.4, -0.2) is 56.7 Å². The summed E-state index contributed by atoms with van der Waals surface area (Å²) in [4.78, 5) is 27.2. The number of anilines is 1. The molecule has 1 aliphatic carbocycles. The van der Waals surface area contributed by atoms with Crippen LogP contribution in [-0.2, 0) is 11.2 Å². The van der Waals surface area contributed by atoms with Gasteiger partial charge in [0.1, 0.15) is 11.6 Å². The Kier molecular flexibility index (Phi) is 5.81. The summed E-state index contributed by atoms with van der Waals surface area (Å²) in [6.07, 6.45) is 6.10. The van der Waals surface area contributed by atoms with Crippen molar-refractivity contribution in [1.82, 2.24) is 24.6 Å². The zero-order chi connectivity index (χ0) is 22.1. The topological polar surface area (TPSA) is 67.2 Å². The van der Waals surface area contributed by atoms with Crippen molar-refractivity contribution < 1.29 is 4.79 Å². The Bertz CT molecular complexity index is 1100. The van der Waals surface area contributed by atoms with Gasteiger partial charge in [0, 0.05) is 38.5 Å². The monoisotopic (exact) mass is 432 g/mol. The van der Waals surface area contributed by atoms with Crippen LogP contribution in [0.25, 0.3) is 16.7 Å². The second kappa shape index (κ2) is 8.88. The van der Waals surface area contributed by atoms with Gasteiger partial charge >= 0.3 is 0 Å². The molecule has 0 unspecified atom stereocenters. The van der Waals surface area contributed by atoms with Gasteiger partial charge in [0.25, 0.3) is 0 Å². The number of hydrogen-bond acceptors (Lipinski definition) is 5. The Balaban J connectivity index is 1.51. The first-order valence-electron chi connectivity index (χ1n) is 12.0. The maximum Gasteiger partial charge on any atom is 0.225 e. The van der Waals surface area contributed by atoms with E-state index in [4.69, 9.17) is 15.1 Å². The highest BCUT2D eigenvalue weighted by Gasteiger charge is 2.31.